The summed E-state index contributed by atoms with van der Waals surface area (Å²) in [6.45, 7) is 13.2. The van der Waals surface area contributed by atoms with Crippen molar-refractivity contribution in [2.75, 3.05) is 0 Å². The minimum atomic E-state index is 0. The monoisotopic (exact) mass is 472 g/mol. The van der Waals surface area contributed by atoms with Gasteiger partial charge < -0.3 is 9.41 Å². The summed E-state index contributed by atoms with van der Waals surface area (Å²) in [5, 5.41) is 5.51. The van der Waals surface area contributed by atoms with Gasteiger partial charge in [0.15, 0.2) is 0 Å². The van der Waals surface area contributed by atoms with Gasteiger partial charge in [0, 0.05) is 0 Å². The van der Waals surface area contributed by atoms with E-state index >= 15 is 0 Å². The standard InChI is InChI=1S/2C11H11.C2H6Si.2FH.Zr/c2*1-8-6-10-5-3-4-9(2)11(10)7-8;1-3-2;;;/h2*3-7H,1-2H3;1-2H3;2*1H;/q2*-1;;;;+2/p-2. The summed E-state index contributed by atoms with van der Waals surface area (Å²) >= 11 is 1.74. The molecule has 4 rings (SSSR count). The van der Waals surface area contributed by atoms with Crippen LogP contribution in [-0.2, 0) is 23.3 Å². The zero-order valence-corrected chi connectivity index (χ0v) is 21.0. The molecule has 0 aliphatic carbocycles. The first-order valence-corrected chi connectivity index (χ1v) is 15.2. The summed E-state index contributed by atoms with van der Waals surface area (Å²) in [6, 6.07) is 21.8. The van der Waals surface area contributed by atoms with Crippen molar-refractivity contribution in [3.05, 3.63) is 82.9 Å². The Kier molecular flexibility index (Phi) is 11.6. The van der Waals surface area contributed by atoms with Gasteiger partial charge in [-0.25, -0.2) is 0 Å². The van der Waals surface area contributed by atoms with E-state index in [4.69, 9.17) is 0 Å². The first kappa shape index (κ1) is 26.6. The van der Waals surface area contributed by atoms with Gasteiger partial charge in [-0.1, -0.05) is 37.1 Å². The number of benzene rings is 2. The van der Waals surface area contributed by atoms with Crippen molar-refractivity contribution in [3.8, 4) is 0 Å². The van der Waals surface area contributed by atoms with E-state index in [1.807, 2.05) is 0 Å². The molecular formula is C24H28F2SiZr-2. The first-order chi connectivity index (χ1) is 12.3. The van der Waals surface area contributed by atoms with E-state index < -0.39 is 0 Å². The van der Waals surface area contributed by atoms with Crippen LogP contribution in [0.5, 0.6) is 0 Å². The van der Waals surface area contributed by atoms with Gasteiger partial charge in [0.2, 0.25) is 0 Å². The minimum absolute atomic E-state index is 0. The first-order valence-electron chi connectivity index (χ1n) is 9.05. The van der Waals surface area contributed by atoms with Crippen LogP contribution in [0, 0.1) is 27.7 Å². The van der Waals surface area contributed by atoms with Gasteiger partial charge >= 0.3 is 41.9 Å². The molecule has 4 heteroatoms. The van der Waals surface area contributed by atoms with Crippen molar-refractivity contribution in [2.45, 2.75) is 40.8 Å². The minimum Gasteiger partial charge on any atom is -1.00 e. The van der Waals surface area contributed by atoms with Gasteiger partial charge in [0.05, 0.1) is 0 Å². The zero-order chi connectivity index (χ0) is 19.3. The third-order valence-electron chi connectivity index (χ3n) is 4.23. The van der Waals surface area contributed by atoms with E-state index in [0.29, 0.717) is 0 Å². The van der Waals surface area contributed by atoms with Crippen molar-refractivity contribution in [1.29, 1.82) is 0 Å². The Morgan fingerprint density at radius 3 is 1.29 bits per heavy atom. The van der Waals surface area contributed by atoms with Crippen LogP contribution in [0.4, 0.5) is 0 Å². The topological polar surface area (TPSA) is 0 Å². The average Bonchev–Trinajstić information content (AvgIpc) is 3.11. The molecular weight excluding hydrogens is 446 g/mol. The second-order valence-electron chi connectivity index (χ2n) is 7.22. The molecule has 0 aromatic heterocycles. The molecule has 148 valence electrons. The molecule has 0 fully saturated rings. The fourth-order valence-electron chi connectivity index (χ4n) is 3.08. The molecule has 28 heavy (non-hydrogen) atoms. The number of hydrogen-bond acceptors (Lipinski definition) is 0. The molecule has 0 aliphatic rings. The molecule has 0 heterocycles. The Labute approximate surface area is 182 Å². The summed E-state index contributed by atoms with van der Waals surface area (Å²) < 4.78 is 0. The van der Waals surface area contributed by atoms with Crippen molar-refractivity contribution in [1.82, 2.24) is 0 Å². The Morgan fingerprint density at radius 1 is 0.679 bits per heavy atom. The fourth-order valence-corrected chi connectivity index (χ4v) is 3.08. The van der Waals surface area contributed by atoms with Gasteiger partial charge in [0.1, 0.15) is 0 Å². The average molecular weight is 474 g/mol. The van der Waals surface area contributed by atoms with Gasteiger partial charge in [-0.05, 0) is 13.8 Å². The maximum Gasteiger partial charge on any atom is -0.0488 e. The Balaban J connectivity index is 0.000000415. The largest absolute Gasteiger partial charge is 1.00 e. The summed E-state index contributed by atoms with van der Waals surface area (Å²) in [5.74, 6) is 0. The molecule has 0 bridgehead atoms. The van der Waals surface area contributed by atoms with Crippen LogP contribution in [0.3, 0.4) is 0 Å². The maximum atomic E-state index is 2.31. The van der Waals surface area contributed by atoms with E-state index in [1.54, 1.807) is 23.3 Å². The molecule has 0 radical (unpaired) electrons. The molecule has 4 aromatic carbocycles. The van der Waals surface area contributed by atoms with Crippen LogP contribution in [0.15, 0.2) is 60.7 Å². The van der Waals surface area contributed by atoms with Gasteiger partial charge in [-0.2, -0.15) is 12.1 Å². The van der Waals surface area contributed by atoms with E-state index in [9.17, 15) is 0 Å². The van der Waals surface area contributed by atoms with E-state index in [1.165, 1.54) is 43.8 Å². The SMILES string of the molecule is C[Si](C)=[Zr+2].Cc1cc2c(C)cccc2[cH-]1.Cc1cc2c(C)cccc2[cH-]1.[F-].[F-]. The molecule has 0 spiro atoms. The summed E-state index contributed by atoms with van der Waals surface area (Å²) in [5.41, 5.74) is 5.66. The molecule has 0 atom stereocenters. The molecule has 0 saturated heterocycles. The van der Waals surface area contributed by atoms with Crippen molar-refractivity contribution in [2.24, 2.45) is 0 Å². The van der Waals surface area contributed by atoms with Gasteiger partial charge in [-0.15, -0.1) is 69.1 Å². The molecule has 0 unspecified atom stereocenters. The molecule has 0 amide bonds. The molecule has 0 aliphatic heterocycles. The van der Waals surface area contributed by atoms with E-state index in [-0.39, 0.29) is 14.8 Å². The summed E-state index contributed by atoms with van der Waals surface area (Å²) in [7, 11) is 0. The zero-order valence-electron chi connectivity index (χ0n) is 17.5. The normalized spacial score (nSPS) is 9.43. The van der Waals surface area contributed by atoms with Crippen LogP contribution in [-0.4, -0.2) is 5.43 Å². The molecule has 0 nitrogen and oxygen atoms in total. The van der Waals surface area contributed by atoms with E-state index in [2.05, 4.69) is 101 Å². The Morgan fingerprint density at radius 2 is 1.00 bits per heavy atom. The predicted molar refractivity (Wildman–Crippen MR) is 116 cm³/mol. The number of aryl methyl sites for hydroxylation is 4. The van der Waals surface area contributed by atoms with Crippen LogP contribution in [0.1, 0.15) is 22.3 Å². The predicted octanol–water partition coefficient (Wildman–Crippen LogP) is 1.14. The summed E-state index contributed by atoms with van der Waals surface area (Å²) in [4.78, 5) is 0. The number of fused-ring (bicyclic) bond motifs is 2. The van der Waals surface area contributed by atoms with Crippen molar-refractivity contribution in [3.63, 3.8) is 0 Å². The van der Waals surface area contributed by atoms with Gasteiger partial charge in [0.25, 0.3) is 0 Å². The van der Waals surface area contributed by atoms with E-state index in [0.717, 1.165) is 0 Å². The molecule has 0 N–H and O–H groups in total. The Hall–Kier alpha value is -1.38. The number of halogens is 2. The second-order valence-corrected chi connectivity index (χ2v) is 16.6. The van der Waals surface area contributed by atoms with Crippen LogP contribution in [0.25, 0.3) is 21.5 Å². The fraction of sp³-hybridized carbons (Fsp3) is 0.250. The van der Waals surface area contributed by atoms with Crippen LogP contribution < -0.4 is 9.41 Å². The second kappa shape index (κ2) is 12.2. The third-order valence-corrected chi connectivity index (χ3v) is 4.23. The van der Waals surface area contributed by atoms with Crippen LogP contribution >= 0.6 is 0 Å². The number of rotatable bonds is 0. The van der Waals surface area contributed by atoms with Crippen LogP contribution in [0.2, 0.25) is 13.1 Å². The Bertz CT molecular complexity index is 946. The molecule has 4 aromatic rings. The molecule has 0 saturated carbocycles. The van der Waals surface area contributed by atoms with Crippen molar-refractivity contribution >= 4 is 27.0 Å². The third kappa shape index (κ3) is 7.56. The van der Waals surface area contributed by atoms with Gasteiger partial charge in [-0.3, -0.25) is 0 Å². The quantitative estimate of drug-likeness (QED) is 0.265. The maximum absolute atomic E-state index is 2.31. The number of hydrogen-bond donors (Lipinski definition) is 0. The smallest absolute Gasteiger partial charge is 0.0488 e. The van der Waals surface area contributed by atoms with Crippen molar-refractivity contribution < 1.29 is 32.7 Å². The summed E-state index contributed by atoms with van der Waals surface area (Å²) in [6.07, 6.45) is 0.